The number of ether oxygens (including phenoxy) is 1. The molecule has 1 aromatic rings. The molecule has 0 fully saturated rings. The van der Waals surface area contributed by atoms with E-state index in [9.17, 15) is 4.79 Å². The monoisotopic (exact) mass is 356 g/mol. The summed E-state index contributed by atoms with van der Waals surface area (Å²) in [5.41, 5.74) is 7.51. The number of halogens is 1. The second-order valence-corrected chi connectivity index (χ2v) is 7.40. The van der Waals surface area contributed by atoms with Crippen molar-refractivity contribution in [2.45, 2.75) is 36.8 Å². The molecule has 1 amide bonds. The maximum atomic E-state index is 12.3. The van der Waals surface area contributed by atoms with Crippen LogP contribution in [0.3, 0.4) is 0 Å². The first-order valence-corrected chi connectivity index (χ1v) is 8.33. The molecule has 1 aromatic carbocycles. The predicted molar refractivity (Wildman–Crippen MR) is 68.4 cm³/mol. The molecule has 2 rings (SSSR count). The van der Waals surface area contributed by atoms with Crippen LogP contribution in [0.5, 0.6) is 0 Å². The first-order valence-electron chi connectivity index (χ1n) is 5.84. The normalized spacial score (nSPS) is 18.8. The van der Waals surface area contributed by atoms with Gasteiger partial charge in [-0.1, -0.05) is 0 Å². The van der Waals surface area contributed by atoms with Crippen LogP contribution >= 0.6 is 0 Å². The Kier molecular flexibility index (Phi) is 3.89. The van der Waals surface area contributed by atoms with Crippen LogP contribution in [0.25, 0.3) is 0 Å². The van der Waals surface area contributed by atoms with Crippen LogP contribution in [-0.2, 0) is 11.2 Å². The van der Waals surface area contributed by atoms with Crippen LogP contribution in [0, 0.1) is 0 Å². The zero-order valence-corrected chi connectivity index (χ0v) is 13.0. The number of carbonyl (C=O) groups excluding carboxylic acids is 1. The Bertz CT molecular complexity index is 459. The fourth-order valence-corrected chi connectivity index (χ4v) is 3.54. The molecule has 0 aromatic heterocycles. The van der Waals surface area contributed by atoms with Crippen LogP contribution in [0.4, 0.5) is 10.5 Å². The van der Waals surface area contributed by atoms with Gasteiger partial charge in [-0.3, -0.25) is 0 Å². The molecule has 0 bridgehead atoms. The van der Waals surface area contributed by atoms with Crippen molar-refractivity contribution in [3.8, 4) is 0 Å². The van der Waals surface area contributed by atoms with Crippen LogP contribution in [0.2, 0.25) is 0 Å². The zero-order chi connectivity index (χ0) is 13.3. The van der Waals surface area contributed by atoms with Crippen molar-refractivity contribution in [3.63, 3.8) is 0 Å². The average Bonchev–Trinajstić information content (AvgIpc) is 2.64. The van der Waals surface area contributed by atoms with Gasteiger partial charge in [-0.15, -0.1) is 0 Å². The topological polar surface area (TPSA) is 29.5 Å². The molecule has 1 atom stereocenters. The molecular weight excluding hydrogens is 340 g/mol. The van der Waals surface area contributed by atoms with Crippen molar-refractivity contribution in [3.05, 3.63) is 29.8 Å². The van der Waals surface area contributed by atoms with Gasteiger partial charge in [-0.25, -0.2) is 0 Å². The van der Waals surface area contributed by atoms with E-state index >= 15 is 0 Å². The molecule has 5 heteroatoms. The number of fused-ring (bicyclic) bond motifs is 1. The molecule has 96 valence electrons. The van der Waals surface area contributed by atoms with Crippen molar-refractivity contribution in [2.75, 3.05) is 4.90 Å². The predicted octanol–water partition coefficient (Wildman–Crippen LogP) is -0.517. The number of hydrogen-bond donors (Lipinski definition) is 0. The van der Waals surface area contributed by atoms with E-state index in [0.717, 1.165) is 12.1 Å². The summed E-state index contributed by atoms with van der Waals surface area (Å²) in [6, 6.07) is 7.93. The van der Waals surface area contributed by atoms with Crippen LogP contribution < -0.4 is 25.9 Å². The summed E-state index contributed by atoms with van der Waals surface area (Å²) in [5.74, 6) is 0. The van der Waals surface area contributed by atoms with Crippen molar-refractivity contribution < 1.29 is 30.5 Å². The Balaban J connectivity index is 2.27. The van der Waals surface area contributed by atoms with Crippen molar-refractivity contribution in [1.82, 2.24) is 0 Å². The summed E-state index contributed by atoms with van der Waals surface area (Å²) in [5, 5.41) is 0. The third-order valence-corrected chi connectivity index (χ3v) is 4.48. The number of amides is 1. The van der Waals surface area contributed by atoms with E-state index in [2.05, 4.69) is 0 Å². The second kappa shape index (κ2) is 5.11. The van der Waals surface area contributed by atoms with Gasteiger partial charge in [0.05, 0.1) is 0 Å². The van der Waals surface area contributed by atoms with Gasteiger partial charge in [0, 0.05) is 0 Å². The fraction of sp³-hybridized carbons (Fsp3) is 0.462. The van der Waals surface area contributed by atoms with Gasteiger partial charge in [-0.05, 0) is 0 Å². The summed E-state index contributed by atoms with van der Waals surface area (Å²) in [4.78, 5) is 14.0. The number of carbonyl (C=O) groups is 1. The van der Waals surface area contributed by atoms with Gasteiger partial charge >= 0.3 is 120 Å². The van der Waals surface area contributed by atoms with Crippen molar-refractivity contribution in [2.24, 2.45) is 0 Å². The number of anilines is 1. The molecule has 2 radical (unpaired) electrons. The average molecular weight is 356 g/mol. The van der Waals surface area contributed by atoms with E-state index in [0.29, 0.717) is 0 Å². The van der Waals surface area contributed by atoms with Crippen molar-refractivity contribution in [1.29, 1.82) is 0 Å². The second-order valence-electron chi connectivity index (χ2n) is 5.24. The molecule has 0 aliphatic carbocycles. The molecule has 1 aliphatic rings. The minimum absolute atomic E-state index is 0.107. The maximum absolute atomic E-state index is 12.3. The van der Waals surface area contributed by atoms with E-state index in [1.54, 1.807) is 4.90 Å². The third kappa shape index (κ3) is 2.82. The molecule has 18 heavy (non-hydrogen) atoms. The summed E-state index contributed by atoms with van der Waals surface area (Å²) < 4.78 is 5.57. The zero-order valence-electron chi connectivity index (χ0n) is 10.8. The molecule has 0 unspecified atom stereocenters. The first-order chi connectivity index (χ1) is 8.42. The number of nitrogens with zero attached hydrogens (tertiary/aromatic N) is 1. The van der Waals surface area contributed by atoms with E-state index < -0.39 is 26.6 Å². The molecule has 0 N–H and O–H groups in total. The number of alkyl halides is 1. The van der Waals surface area contributed by atoms with Gasteiger partial charge < -0.3 is 0 Å². The summed E-state index contributed by atoms with van der Waals surface area (Å²) in [6.07, 6.45) is 0.557. The number of hydrogen-bond acceptors (Lipinski definition) is 2. The molecule has 1 heterocycles. The quantitative estimate of drug-likeness (QED) is 0.294. The van der Waals surface area contributed by atoms with Crippen molar-refractivity contribution >= 4 is 17.5 Å². The Morgan fingerprint density at radius 3 is 2.72 bits per heavy atom. The number of para-hydroxylation sites is 1. The molecule has 1 aliphatic heterocycles. The Labute approximate surface area is 119 Å². The van der Waals surface area contributed by atoms with Crippen LogP contribution in [0.1, 0.15) is 26.3 Å². The van der Waals surface area contributed by atoms with Gasteiger partial charge in [-0.2, -0.15) is 0 Å². The molecule has 0 saturated heterocycles. The summed E-state index contributed by atoms with van der Waals surface area (Å²) in [7, 11) is 0. The van der Waals surface area contributed by atoms with Gasteiger partial charge in [0.2, 0.25) is 0 Å². The van der Waals surface area contributed by atoms with E-state index in [1.807, 2.05) is 45.0 Å². The van der Waals surface area contributed by atoms with E-state index in [-0.39, 0.29) is 10.1 Å². The summed E-state index contributed by atoms with van der Waals surface area (Å²) >= 11 is -0.536. The molecule has 0 spiro atoms. The summed E-state index contributed by atoms with van der Waals surface area (Å²) in [6.45, 7) is 5.62. The Morgan fingerprint density at radius 2 is 2.11 bits per heavy atom. The minimum atomic E-state index is -0.536. The Morgan fingerprint density at radius 1 is 1.44 bits per heavy atom. The standard InChI is InChI=1S/C13H16BINO2/c1-13(2,3)18-12(17)16-10-7-5-4-6-9(10)8-11(16)15-14/h4-7,11H,8H2,1-3H3/q-1/t11-/m0/s1. The molecule has 3 nitrogen and oxygen atoms in total. The van der Waals surface area contributed by atoms with Gasteiger partial charge in [0.25, 0.3) is 0 Å². The van der Waals surface area contributed by atoms with Gasteiger partial charge in [0.15, 0.2) is 0 Å². The number of rotatable bonds is 1. The van der Waals surface area contributed by atoms with Gasteiger partial charge in [0.1, 0.15) is 0 Å². The van der Waals surface area contributed by atoms with Crippen LogP contribution in [-0.4, -0.2) is 21.4 Å². The van der Waals surface area contributed by atoms with E-state index in [4.69, 9.17) is 10.4 Å². The Hall–Kier alpha value is -0.715. The van der Waals surface area contributed by atoms with Crippen LogP contribution in [0.15, 0.2) is 24.3 Å². The fourth-order valence-electron chi connectivity index (χ4n) is 1.97. The SMILES string of the molecule is [B][I-][C@@H]1Cc2ccccc2N1C(=O)OC(C)(C)C. The molecular formula is C13H16BINO2-. The van der Waals surface area contributed by atoms with E-state index in [1.165, 1.54) is 5.56 Å². The number of benzene rings is 1. The first kappa shape index (κ1) is 13.7. The molecule has 0 saturated carbocycles. The third-order valence-electron chi connectivity index (χ3n) is 2.66.